The molecule has 0 bridgehead atoms. The van der Waals surface area contributed by atoms with Crippen LogP contribution in [0.2, 0.25) is 0 Å². The molecule has 0 radical (unpaired) electrons. The van der Waals surface area contributed by atoms with Gasteiger partial charge in [-0.3, -0.25) is 9.59 Å². The molecule has 1 aliphatic rings. The highest BCUT2D eigenvalue weighted by molar-refractivity contribution is 9.10. The van der Waals surface area contributed by atoms with Gasteiger partial charge in [0, 0.05) is 18.7 Å². The quantitative estimate of drug-likeness (QED) is 0.815. The average molecular weight is 328 g/mol. The maximum absolute atomic E-state index is 12.0. The highest BCUT2D eigenvalue weighted by Gasteiger charge is 2.31. The van der Waals surface area contributed by atoms with E-state index >= 15 is 0 Å². The van der Waals surface area contributed by atoms with E-state index in [1.165, 1.54) is 6.08 Å². The molecular weight excluding hydrogens is 314 g/mol. The van der Waals surface area contributed by atoms with Gasteiger partial charge in [-0.05, 0) is 47.0 Å². The second-order valence-corrected chi connectivity index (χ2v) is 5.16. The molecule has 0 unspecified atom stereocenters. The van der Waals surface area contributed by atoms with Gasteiger partial charge in [-0.2, -0.15) is 0 Å². The van der Waals surface area contributed by atoms with E-state index in [0.29, 0.717) is 10.4 Å². The predicted molar refractivity (Wildman–Crippen MR) is 72.4 cm³/mol. The normalized spacial score (nSPS) is 14.8. The van der Waals surface area contributed by atoms with Crippen LogP contribution in [0.4, 0.5) is 0 Å². The fourth-order valence-corrected chi connectivity index (χ4v) is 2.06. The first-order valence-electron chi connectivity index (χ1n) is 6.02. The van der Waals surface area contributed by atoms with Gasteiger partial charge in [0.1, 0.15) is 5.76 Å². The summed E-state index contributed by atoms with van der Waals surface area (Å²) in [6, 6.07) is 3.68. The van der Waals surface area contributed by atoms with Crippen molar-refractivity contribution in [3.8, 4) is 0 Å². The number of carbonyl (C=O) groups excluding carboxylic acids is 1. The van der Waals surface area contributed by atoms with Gasteiger partial charge in [-0.15, -0.1) is 0 Å². The number of hydrogen-bond donors (Lipinski definition) is 1. The van der Waals surface area contributed by atoms with Gasteiger partial charge in [0.05, 0.1) is 6.42 Å². The Bertz CT molecular complexity index is 504. The van der Waals surface area contributed by atoms with Crippen molar-refractivity contribution in [2.75, 3.05) is 6.54 Å². The summed E-state index contributed by atoms with van der Waals surface area (Å²) in [5, 5.41) is 8.68. The van der Waals surface area contributed by atoms with Crippen molar-refractivity contribution in [2.45, 2.75) is 25.3 Å². The molecule has 1 amide bonds. The summed E-state index contributed by atoms with van der Waals surface area (Å²) in [4.78, 5) is 24.2. The minimum absolute atomic E-state index is 0.0254. The molecule has 6 heteroatoms. The van der Waals surface area contributed by atoms with Crippen LogP contribution in [-0.4, -0.2) is 34.5 Å². The van der Waals surface area contributed by atoms with Crippen LogP contribution in [-0.2, 0) is 9.59 Å². The van der Waals surface area contributed by atoms with Gasteiger partial charge in [-0.25, -0.2) is 0 Å². The van der Waals surface area contributed by atoms with Crippen molar-refractivity contribution in [1.29, 1.82) is 0 Å². The van der Waals surface area contributed by atoms with Crippen LogP contribution in [0.1, 0.15) is 25.0 Å². The summed E-state index contributed by atoms with van der Waals surface area (Å²) in [6.07, 6.45) is 4.88. The molecule has 0 aromatic carbocycles. The third-order valence-corrected chi connectivity index (χ3v) is 3.25. The first-order chi connectivity index (χ1) is 9.06. The fraction of sp³-hybridized carbons (Fsp3) is 0.385. The molecular formula is C13H14BrNO4. The van der Waals surface area contributed by atoms with E-state index in [1.807, 2.05) is 0 Å². The summed E-state index contributed by atoms with van der Waals surface area (Å²) in [6.45, 7) is 0.255. The molecule has 1 saturated carbocycles. The monoisotopic (exact) mass is 327 g/mol. The molecule has 19 heavy (non-hydrogen) atoms. The lowest BCUT2D eigenvalue weighted by Crippen LogP contribution is -2.33. The molecule has 1 N–H and O–H groups in total. The van der Waals surface area contributed by atoms with Crippen LogP contribution in [0.25, 0.3) is 6.08 Å². The Morgan fingerprint density at radius 3 is 2.74 bits per heavy atom. The van der Waals surface area contributed by atoms with Crippen LogP contribution in [0.3, 0.4) is 0 Å². The Hall–Kier alpha value is -1.56. The number of carbonyl (C=O) groups is 2. The van der Waals surface area contributed by atoms with E-state index < -0.39 is 5.97 Å². The lowest BCUT2D eigenvalue weighted by Gasteiger charge is -2.19. The summed E-state index contributed by atoms with van der Waals surface area (Å²) in [7, 11) is 0. The molecule has 1 heterocycles. The number of carboxylic acid groups (broad SMARTS) is 1. The van der Waals surface area contributed by atoms with Crippen molar-refractivity contribution in [3.05, 3.63) is 28.6 Å². The van der Waals surface area contributed by atoms with Crippen molar-refractivity contribution in [1.82, 2.24) is 4.90 Å². The standard InChI is InChI=1S/C13H14BrNO4/c14-11-5-3-10(19-11)4-6-12(16)15(9-1-2-9)8-7-13(17)18/h3-6,9H,1-2,7-8H2,(H,17,18)/b6-4+. The van der Waals surface area contributed by atoms with E-state index in [-0.39, 0.29) is 24.9 Å². The Kier molecular flexibility index (Phi) is 4.42. The molecule has 5 nitrogen and oxygen atoms in total. The number of amides is 1. The number of hydrogen-bond acceptors (Lipinski definition) is 3. The number of halogens is 1. The molecule has 1 fully saturated rings. The van der Waals surface area contributed by atoms with E-state index in [4.69, 9.17) is 9.52 Å². The second-order valence-electron chi connectivity index (χ2n) is 4.38. The maximum atomic E-state index is 12.0. The highest BCUT2D eigenvalue weighted by Crippen LogP contribution is 2.27. The maximum Gasteiger partial charge on any atom is 0.305 e. The number of carboxylic acids is 1. The Labute approximate surface area is 119 Å². The van der Waals surface area contributed by atoms with Crippen molar-refractivity contribution >= 4 is 33.9 Å². The Morgan fingerprint density at radius 2 is 2.21 bits per heavy atom. The van der Waals surface area contributed by atoms with Gasteiger partial charge in [0.15, 0.2) is 4.67 Å². The summed E-state index contributed by atoms with van der Waals surface area (Å²) < 4.78 is 5.85. The van der Waals surface area contributed by atoms with E-state index in [2.05, 4.69) is 15.9 Å². The molecule has 102 valence electrons. The lowest BCUT2D eigenvalue weighted by molar-refractivity contribution is -0.138. The topological polar surface area (TPSA) is 70.8 Å². The van der Waals surface area contributed by atoms with Gasteiger partial charge < -0.3 is 14.4 Å². The van der Waals surface area contributed by atoms with E-state index in [9.17, 15) is 9.59 Å². The van der Waals surface area contributed by atoms with Crippen LogP contribution in [0.5, 0.6) is 0 Å². The summed E-state index contributed by atoms with van der Waals surface area (Å²) >= 11 is 3.18. The van der Waals surface area contributed by atoms with Crippen LogP contribution >= 0.6 is 15.9 Å². The largest absolute Gasteiger partial charge is 0.481 e. The van der Waals surface area contributed by atoms with Crippen molar-refractivity contribution < 1.29 is 19.1 Å². The summed E-state index contributed by atoms with van der Waals surface area (Å²) in [5.74, 6) is -0.483. The van der Waals surface area contributed by atoms with Gasteiger partial charge in [0.25, 0.3) is 0 Å². The SMILES string of the molecule is O=C(O)CCN(C(=O)/C=C/c1ccc(Br)o1)C1CC1. The number of aliphatic carboxylic acids is 1. The number of nitrogens with zero attached hydrogens (tertiary/aromatic N) is 1. The van der Waals surface area contributed by atoms with Crippen LogP contribution < -0.4 is 0 Å². The van der Waals surface area contributed by atoms with E-state index in [0.717, 1.165) is 12.8 Å². The molecule has 0 atom stereocenters. The Morgan fingerprint density at radius 1 is 1.47 bits per heavy atom. The van der Waals surface area contributed by atoms with Gasteiger partial charge in [0.2, 0.25) is 5.91 Å². The zero-order valence-electron chi connectivity index (χ0n) is 10.2. The fourth-order valence-electron chi connectivity index (χ4n) is 1.74. The number of rotatable bonds is 6. The lowest BCUT2D eigenvalue weighted by atomic mass is 10.3. The molecule has 2 rings (SSSR count). The smallest absolute Gasteiger partial charge is 0.305 e. The van der Waals surface area contributed by atoms with Gasteiger partial charge >= 0.3 is 5.97 Å². The first kappa shape index (κ1) is 13.9. The first-order valence-corrected chi connectivity index (χ1v) is 6.81. The molecule has 1 aliphatic carbocycles. The molecule has 0 spiro atoms. The predicted octanol–water partition coefficient (Wildman–Crippen LogP) is 2.52. The zero-order valence-corrected chi connectivity index (χ0v) is 11.8. The second kappa shape index (κ2) is 6.06. The molecule has 0 aliphatic heterocycles. The van der Waals surface area contributed by atoms with Crippen LogP contribution in [0, 0.1) is 0 Å². The van der Waals surface area contributed by atoms with Crippen LogP contribution in [0.15, 0.2) is 27.3 Å². The minimum Gasteiger partial charge on any atom is -0.481 e. The van der Waals surface area contributed by atoms with Gasteiger partial charge in [-0.1, -0.05) is 0 Å². The number of furan rings is 1. The van der Waals surface area contributed by atoms with E-state index in [1.54, 1.807) is 23.1 Å². The zero-order chi connectivity index (χ0) is 13.8. The van der Waals surface area contributed by atoms with Crippen molar-refractivity contribution in [3.63, 3.8) is 0 Å². The summed E-state index contributed by atoms with van der Waals surface area (Å²) in [5.41, 5.74) is 0. The third kappa shape index (κ3) is 4.24. The Balaban J connectivity index is 1.95. The average Bonchev–Trinajstić information content (AvgIpc) is 3.09. The highest BCUT2D eigenvalue weighted by atomic mass is 79.9. The minimum atomic E-state index is -0.891. The molecule has 1 aromatic heterocycles. The third-order valence-electron chi connectivity index (χ3n) is 2.82. The van der Waals surface area contributed by atoms with Crippen molar-refractivity contribution in [2.24, 2.45) is 0 Å². The molecule has 0 saturated heterocycles. The molecule has 1 aromatic rings.